The largest absolute Gasteiger partial charge is 0.462 e. The maximum atomic E-state index is 11.7. The predicted octanol–water partition coefficient (Wildman–Crippen LogP) is 2.52. The second-order valence-electron chi connectivity index (χ2n) is 5.75. The molecule has 23 heavy (non-hydrogen) atoms. The molecule has 0 saturated heterocycles. The van der Waals surface area contributed by atoms with Crippen molar-refractivity contribution in [2.45, 2.75) is 25.8 Å². The van der Waals surface area contributed by atoms with Gasteiger partial charge in [0.05, 0.1) is 17.7 Å². The summed E-state index contributed by atoms with van der Waals surface area (Å²) in [6, 6.07) is 10.9. The summed E-state index contributed by atoms with van der Waals surface area (Å²) in [6.45, 7) is 8.28. The molecule has 0 aliphatic rings. The van der Waals surface area contributed by atoms with Crippen LogP contribution in [0.15, 0.2) is 54.3 Å². The molecule has 0 aliphatic heterocycles. The van der Waals surface area contributed by atoms with Crippen LogP contribution in [0, 0.1) is 11.3 Å². The Hall–Kier alpha value is -2.58. The van der Waals surface area contributed by atoms with E-state index >= 15 is 0 Å². The van der Waals surface area contributed by atoms with E-state index in [0.29, 0.717) is 36.4 Å². The van der Waals surface area contributed by atoms with E-state index in [1.807, 2.05) is 6.07 Å². The van der Waals surface area contributed by atoms with Gasteiger partial charge in [0.2, 0.25) is 0 Å². The third kappa shape index (κ3) is 7.30. The second-order valence-corrected chi connectivity index (χ2v) is 5.75. The highest BCUT2D eigenvalue weighted by molar-refractivity contribution is 5.89. The molecule has 0 bridgehead atoms. The highest BCUT2D eigenvalue weighted by Crippen LogP contribution is 2.10. The fourth-order valence-electron chi connectivity index (χ4n) is 1.79. The Balaban J connectivity index is 2.32. The van der Waals surface area contributed by atoms with Crippen molar-refractivity contribution in [1.82, 2.24) is 5.32 Å². The van der Waals surface area contributed by atoms with Crippen molar-refractivity contribution in [2.75, 3.05) is 13.2 Å². The minimum Gasteiger partial charge on any atom is -0.462 e. The van der Waals surface area contributed by atoms with Gasteiger partial charge in [-0.25, -0.2) is 4.79 Å². The molecular weight excluding hydrogens is 290 g/mol. The molecule has 0 saturated carbocycles. The van der Waals surface area contributed by atoms with Crippen LogP contribution >= 0.6 is 0 Å². The third-order valence-corrected chi connectivity index (χ3v) is 2.86. The van der Waals surface area contributed by atoms with E-state index < -0.39 is 5.54 Å². The molecule has 0 unspecified atom stereocenters. The van der Waals surface area contributed by atoms with Crippen LogP contribution in [0.1, 0.15) is 30.6 Å². The number of nitriles is 1. The van der Waals surface area contributed by atoms with Crippen molar-refractivity contribution in [2.24, 2.45) is 5.73 Å². The van der Waals surface area contributed by atoms with Crippen LogP contribution in [0.25, 0.3) is 0 Å². The lowest BCUT2D eigenvalue weighted by Crippen LogP contribution is -2.30. The first-order valence-electron chi connectivity index (χ1n) is 7.40. The zero-order valence-electron chi connectivity index (χ0n) is 13.6. The minimum atomic E-state index is -0.582. The number of nitrogens with two attached hydrogens (primary N) is 1. The van der Waals surface area contributed by atoms with Gasteiger partial charge < -0.3 is 15.8 Å². The van der Waals surface area contributed by atoms with Crippen molar-refractivity contribution >= 4 is 5.97 Å². The molecule has 0 amide bonds. The topological polar surface area (TPSA) is 88.1 Å². The van der Waals surface area contributed by atoms with Gasteiger partial charge in [0.1, 0.15) is 6.07 Å². The quantitative estimate of drug-likeness (QED) is 0.333. The summed E-state index contributed by atoms with van der Waals surface area (Å²) in [6.07, 6.45) is 2.28. The number of esters is 1. The number of rotatable bonds is 8. The zero-order valence-corrected chi connectivity index (χ0v) is 13.6. The van der Waals surface area contributed by atoms with Gasteiger partial charge in [-0.15, -0.1) is 0 Å². The molecule has 3 N–H and O–H groups in total. The number of nitrogens with one attached hydrogen (secondary N) is 1. The van der Waals surface area contributed by atoms with Crippen LogP contribution in [0.5, 0.6) is 0 Å². The Kier molecular flexibility index (Phi) is 7.04. The fourth-order valence-corrected chi connectivity index (χ4v) is 1.79. The Morgan fingerprint density at radius 1 is 1.43 bits per heavy atom. The van der Waals surface area contributed by atoms with Gasteiger partial charge in [0.15, 0.2) is 0 Å². The van der Waals surface area contributed by atoms with Gasteiger partial charge in [-0.2, -0.15) is 5.26 Å². The zero-order chi connectivity index (χ0) is 17.3. The summed E-state index contributed by atoms with van der Waals surface area (Å²) in [5.41, 5.74) is 6.74. The van der Waals surface area contributed by atoms with E-state index in [0.717, 1.165) is 0 Å². The van der Waals surface area contributed by atoms with Crippen molar-refractivity contribution in [3.05, 3.63) is 59.8 Å². The van der Waals surface area contributed by atoms with Gasteiger partial charge in [-0.3, -0.25) is 0 Å². The Morgan fingerprint density at radius 2 is 2.09 bits per heavy atom. The first kappa shape index (κ1) is 18.5. The van der Waals surface area contributed by atoms with E-state index in [1.54, 1.807) is 44.2 Å². The monoisotopic (exact) mass is 313 g/mol. The van der Waals surface area contributed by atoms with Crippen molar-refractivity contribution in [3.8, 4) is 6.07 Å². The first-order chi connectivity index (χ1) is 10.8. The molecule has 5 heteroatoms. The lowest BCUT2D eigenvalue weighted by Gasteiger charge is -2.15. The van der Waals surface area contributed by atoms with Gasteiger partial charge >= 0.3 is 5.97 Å². The number of carbonyl (C=O) groups excluding carboxylic acids is 1. The van der Waals surface area contributed by atoms with E-state index in [-0.39, 0.29) is 5.97 Å². The van der Waals surface area contributed by atoms with Crippen LogP contribution < -0.4 is 11.1 Å². The highest BCUT2D eigenvalue weighted by Gasteiger charge is 2.11. The molecule has 0 aromatic heterocycles. The summed E-state index contributed by atoms with van der Waals surface area (Å²) < 4.78 is 5.17. The molecule has 0 fully saturated rings. The Morgan fingerprint density at radius 3 is 2.65 bits per heavy atom. The molecule has 1 aromatic rings. The Bertz CT molecular complexity index is 607. The molecule has 0 atom stereocenters. The molecule has 0 radical (unpaired) electrons. The minimum absolute atomic E-state index is 0.294. The molecule has 122 valence electrons. The molecular formula is C18H23N3O2. The van der Waals surface area contributed by atoms with Crippen LogP contribution in [0.2, 0.25) is 0 Å². The number of allylic oxidation sites excluding steroid dienone is 1. The maximum absolute atomic E-state index is 11.7. The highest BCUT2D eigenvalue weighted by atomic mass is 16.5. The third-order valence-electron chi connectivity index (χ3n) is 2.86. The standard InChI is InChI=1S/C18H23N3O2/c1-14(16(13-19)12-18(2,3)20)21-10-7-11-23-17(22)15-8-5-4-6-9-15/h4-6,8-9,12,21H,1,7,10-11,20H2,2-3H3/b16-12-. The lowest BCUT2D eigenvalue weighted by atomic mass is 10.0. The molecule has 1 aromatic carbocycles. The average Bonchev–Trinajstić information content (AvgIpc) is 2.51. The summed E-state index contributed by atoms with van der Waals surface area (Å²) in [5.74, 6) is -0.341. The van der Waals surface area contributed by atoms with E-state index in [9.17, 15) is 4.79 Å². The predicted molar refractivity (Wildman–Crippen MR) is 90.4 cm³/mol. The van der Waals surface area contributed by atoms with Crippen molar-refractivity contribution in [3.63, 3.8) is 0 Å². The number of benzene rings is 1. The number of hydrogen-bond acceptors (Lipinski definition) is 5. The number of ether oxygens (including phenoxy) is 1. The first-order valence-corrected chi connectivity index (χ1v) is 7.40. The van der Waals surface area contributed by atoms with Crippen LogP contribution in [-0.2, 0) is 4.74 Å². The molecule has 0 aliphatic carbocycles. The van der Waals surface area contributed by atoms with Gasteiger partial charge in [-0.1, -0.05) is 24.8 Å². The van der Waals surface area contributed by atoms with Crippen LogP contribution in [0.3, 0.4) is 0 Å². The number of hydrogen-bond donors (Lipinski definition) is 2. The Labute approximate surface area is 137 Å². The van der Waals surface area contributed by atoms with Crippen LogP contribution in [-0.4, -0.2) is 24.7 Å². The molecule has 0 heterocycles. The SMILES string of the molecule is C=C(NCCCOC(=O)c1ccccc1)/C(C#N)=C\C(C)(C)N. The van der Waals surface area contributed by atoms with Crippen molar-refractivity contribution < 1.29 is 9.53 Å². The van der Waals surface area contributed by atoms with Gasteiger partial charge in [0.25, 0.3) is 0 Å². The summed E-state index contributed by atoms with van der Waals surface area (Å²) >= 11 is 0. The normalized spacial score (nSPS) is 11.5. The second kappa shape index (κ2) is 8.76. The maximum Gasteiger partial charge on any atom is 0.338 e. The van der Waals surface area contributed by atoms with E-state index in [1.165, 1.54) is 0 Å². The fraction of sp³-hybridized carbons (Fsp3) is 0.333. The van der Waals surface area contributed by atoms with Gasteiger partial charge in [-0.05, 0) is 38.5 Å². The smallest absolute Gasteiger partial charge is 0.338 e. The summed E-state index contributed by atoms with van der Waals surface area (Å²) in [5, 5.41) is 12.2. The molecule has 0 spiro atoms. The van der Waals surface area contributed by atoms with Crippen LogP contribution in [0.4, 0.5) is 0 Å². The van der Waals surface area contributed by atoms with Crippen molar-refractivity contribution in [1.29, 1.82) is 5.26 Å². The number of nitrogens with zero attached hydrogens (tertiary/aromatic N) is 1. The lowest BCUT2D eigenvalue weighted by molar-refractivity contribution is 0.0501. The van der Waals surface area contributed by atoms with E-state index in [4.69, 9.17) is 15.7 Å². The number of carbonyl (C=O) groups is 1. The summed E-state index contributed by atoms with van der Waals surface area (Å²) in [4.78, 5) is 11.7. The molecule has 1 rings (SSSR count). The summed E-state index contributed by atoms with van der Waals surface area (Å²) in [7, 11) is 0. The van der Waals surface area contributed by atoms with Gasteiger partial charge in [0, 0.05) is 17.8 Å². The van der Waals surface area contributed by atoms with E-state index in [2.05, 4.69) is 18.0 Å². The average molecular weight is 313 g/mol. The molecule has 5 nitrogen and oxygen atoms in total.